The number of hydrogen-bond acceptors (Lipinski definition) is 6. The molecule has 2 fully saturated rings. The molecule has 0 aromatic carbocycles. The average Bonchev–Trinajstić information content (AvgIpc) is 3.09. The van der Waals surface area contributed by atoms with E-state index in [4.69, 9.17) is 9.47 Å². The van der Waals surface area contributed by atoms with E-state index in [2.05, 4.69) is 25.9 Å². The van der Waals surface area contributed by atoms with E-state index in [1.807, 2.05) is 6.92 Å². The monoisotopic (exact) mass is 470 g/mol. The molecule has 4 rings (SSSR count). The number of halogens is 3. The third kappa shape index (κ3) is 5.57. The summed E-state index contributed by atoms with van der Waals surface area (Å²) in [5.74, 6) is -0.739. The third-order valence-corrected chi connectivity index (χ3v) is 5.82. The van der Waals surface area contributed by atoms with Crippen LogP contribution in [-0.2, 0) is 11.8 Å². The molecule has 0 radical (unpaired) electrons. The summed E-state index contributed by atoms with van der Waals surface area (Å²) < 4.78 is 50.3. The molecule has 2 saturated carbocycles. The summed E-state index contributed by atoms with van der Waals surface area (Å²) in [6.07, 6.45) is -3.26. The molecule has 2 aliphatic carbocycles. The normalized spacial score (nSPS) is 23.4. The number of nitrogens with one attached hydrogen (secondary N) is 3. The predicted molar refractivity (Wildman–Crippen MR) is 109 cm³/mol. The number of aryl methyl sites for hydroxylation is 1. The Kier molecular flexibility index (Phi) is 6.21. The molecule has 0 spiro atoms. The van der Waals surface area contributed by atoms with Crippen molar-refractivity contribution in [2.24, 2.45) is 7.05 Å². The number of anilines is 1. The molecule has 180 valence electrons. The molecule has 33 heavy (non-hydrogen) atoms. The fourth-order valence-electron chi connectivity index (χ4n) is 3.71. The maximum absolute atomic E-state index is 14.5. The number of ether oxygens (including phenoxy) is 2. The largest absolute Gasteiger partial charge is 0.471 e. The van der Waals surface area contributed by atoms with Gasteiger partial charge in [0.1, 0.15) is 18.0 Å². The second-order valence-electron chi connectivity index (χ2n) is 8.67. The van der Waals surface area contributed by atoms with E-state index in [0.717, 1.165) is 12.8 Å². The van der Waals surface area contributed by atoms with Crippen LogP contribution < -0.4 is 15.4 Å². The number of aromatic nitrogens is 4. The first-order chi connectivity index (χ1) is 15.6. The van der Waals surface area contributed by atoms with Crippen LogP contribution in [0.3, 0.4) is 0 Å². The highest BCUT2D eigenvalue weighted by molar-refractivity contribution is 6.02. The molecule has 0 unspecified atom stereocenters. The number of rotatable bonds is 8. The summed E-state index contributed by atoms with van der Waals surface area (Å²) in [5, 5.41) is 16.0. The van der Waals surface area contributed by atoms with Gasteiger partial charge in [-0.1, -0.05) is 0 Å². The topological polar surface area (TPSA) is 123 Å². The highest BCUT2D eigenvalue weighted by atomic mass is 19.3. The second-order valence-corrected chi connectivity index (χ2v) is 8.67. The highest BCUT2D eigenvalue weighted by Crippen LogP contribution is 2.39. The molecule has 2 aromatic heterocycles. The van der Waals surface area contributed by atoms with Gasteiger partial charge < -0.3 is 20.1 Å². The quantitative estimate of drug-likeness (QED) is 0.545. The number of aromatic amines is 1. The Morgan fingerprint density at radius 1 is 1.33 bits per heavy atom. The fourth-order valence-corrected chi connectivity index (χ4v) is 3.71. The molecule has 3 N–H and O–H groups in total. The average molecular weight is 470 g/mol. The Bertz CT molecular complexity index is 1020. The lowest BCUT2D eigenvalue weighted by molar-refractivity contribution is 0.0583. The zero-order chi connectivity index (χ0) is 23.8. The molecule has 2 heterocycles. The van der Waals surface area contributed by atoms with E-state index >= 15 is 0 Å². The van der Waals surface area contributed by atoms with Crippen LogP contribution in [0.25, 0.3) is 0 Å². The van der Waals surface area contributed by atoms with Crippen molar-refractivity contribution < 1.29 is 32.2 Å². The standard InChI is InChI=1S/C20H25F3N6O4/c1-20(3-4-20)25-19(31)33-14-6-10(5-11(14)21)12-7-16(27-26-12)24-18(30)13-8-17(28-29(13)2)32-9-15(22)23/h7-8,10-11,14-15H,3-6,9H2,1-2H3,(H,25,31)(H2,24,26,27,30)/t10-,11+,14-/m0/s1. The summed E-state index contributed by atoms with van der Waals surface area (Å²) in [7, 11) is 1.47. The summed E-state index contributed by atoms with van der Waals surface area (Å²) in [5.41, 5.74) is 0.429. The molecule has 2 aromatic rings. The molecule has 13 heteroatoms. The highest BCUT2D eigenvalue weighted by Gasteiger charge is 2.42. The van der Waals surface area contributed by atoms with Crippen molar-refractivity contribution in [1.82, 2.24) is 25.3 Å². The van der Waals surface area contributed by atoms with Crippen molar-refractivity contribution in [3.8, 4) is 5.88 Å². The van der Waals surface area contributed by atoms with Gasteiger partial charge in [0.15, 0.2) is 12.4 Å². The van der Waals surface area contributed by atoms with E-state index < -0.39 is 37.3 Å². The van der Waals surface area contributed by atoms with Crippen LogP contribution >= 0.6 is 0 Å². The lowest BCUT2D eigenvalue weighted by Crippen LogP contribution is -2.38. The fraction of sp³-hybridized carbons (Fsp3) is 0.600. The van der Waals surface area contributed by atoms with Crippen LogP contribution in [-0.4, -0.2) is 62.8 Å². The Morgan fingerprint density at radius 2 is 2.09 bits per heavy atom. The lowest BCUT2D eigenvalue weighted by atomic mass is 10.0. The van der Waals surface area contributed by atoms with Gasteiger partial charge >= 0.3 is 6.09 Å². The zero-order valence-corrected chi connectivity index (χ0v) is 18.1. The van der Waals surface area contributed by atoms with Crippen LogP contribution in [0, 0.1) is 0 Å². The number of carbonyl (C=O) groups excluding carboxylic acids is 2. The van der Waals surface area contributed by atoms with Crippen molar-refractivity contribution >= 4 is 17.8 Å². The minimum atomic E-state index is -2.66. The first kappa shape index (κ1) is 22.9. The number of amides is 2. The summed E-state index contributed by atoms with van der Waals surface area (Å²) in [4.78, 5) is 24.5. The molecule has 10 nitrogen and oxygen atoms in total. The van der Waals surface area contributed by atoms with Gasteiger partial charge in [-0.15, -0.1) is 5.10 Å². The van der Waals surface area contributed by atoms with Gasteiger partial charge in [0.05, 0.1) is 0 Å². The van der Waals surface area contributed by atoms with E-state index in [9.17, 15) is 22.8 Å². The molecular formula is C20H25F3N6O4. The van der Waals surface area contributed by atoms with Crippen LogP contribution in [0.15, 0.2) is 12.1 Å². The van der Waals surface area contributed by atoms with Gasteiger partial charge in [-0.2, -0.15) is 5.10 Å². The van der Waals surface area contributed by atoms with Crippen molar-refractivity contribution in [2.45, 2.75) is 62.8 Å². The van der Waals surface area contributed by atoms with Gasteiger partial charge in [-0.05, 0) is 32.6 Å². The Balaban J connectivity index is 1.32. The van der Waals surface area contributed by atoms with Crippen molar-refractivity contribution in [2.75, 3.05) is 11.9 Å². The van der Waals surface area contributed by atoms with Crippen LogP contribution in [0.1, 0.15) is 54.7 Å². The summed E-state index contributed by atoms with van der Waals surface area (Å²) >= 11 is 0. The number of H-pyrrole nitrogens is 1. The zero-order valence-electron chi connectivity index (χ0n) is 18.1. The van der Waals surface area contributed by atoms with Crippen LogP contribution in [0.2, 0.25) is 0 Å². The smallest absolute Gasteiger partial charge is 0.407 e. The van der Waals surface area contributed by atoms with E-state index in [1.165, 1.54) is 17.8 Å². The minimum absolute atomic E-state index is 0.0809. The maximum Gasteiger partial charge on any atom is 0.407 e. The van der Waals surface area contributed by atoms with Gasteiger partial charge in [-0.25, -0.2) is 18.0 Å². The van der Waals surface area contributed by atoms with Crippen LogP contribution in [0.5, 0.6) is 5.88 Å². The first-order valence-corrected chi connectivity index (χ1v) is 10.6. The first-order valence-electron chi connectivity index (χ1n) is 10.6. The number of alkyl halides is 3. The Morgan fingerprint density at radius 3 is 2.79 bits per heavy atom. The molecule has 0 bridgehead atoms. The van der Waals surface area contributed by atoms with E-state index in [0.29, 0.717) is 5.69 Å². The van der Waals surface area contributed by atoms with Gasteiger partial charge in [0.2, 0.25) is 5.88 Å². The number of hydrogen-bond donors (Lipinski definition) is 3. The molecule has 0 aliphatic heterocycles. The maximum atomic E-state index is 14.5. The Labute approximate surface area is 187 Å². The molecule has 2 aliphatic rings. The predicted octanol–water partition coefficient (Wildman–Crippen LogP) is 2.90. The molecule has 2 amide bonds. The van der Waals surface area contributed by atoms with E-state index in [1.54, 1.807) is 6.07 Å². The molecular weight excluding hydrogens is 445 g/mol. The van der Waals surface area contributed by atoms with E-state index in [-0.39, 0.29) is 41.7 Å². The second kappa shape index (κ2) is 8.94. The van der Waals surface area contributed by atoms with Crippen molar-refractivity contribution in [3.63, 3.8) is 0 Å². The third-order valence-electron chi connectivity index (χ3n) is 5.82. The number of nitrogens with zero attached hydrogens (tertiary/aromatic N) is 3. The SMILES string of the molecule is Cn1nc(OCC(F)F)cc1C(=O)Nc1cc([C@H]2C[C@@H](F)[C@@H](OC(=O)NC3(C)CC3)C2)[nH]n1. The number of alkyl carbamates (subject to hydrolysis) is 1. The van der Waals surface area contributed by atoms with Crippen LogP contribution in [0.4, 0.5) is 23.8 Å². The number of carbonyl (C=O) groups is 2. The molecule has 3 atom stereocenters. The van der Waals surface area contributed by atoms with Gasteiger partial charge in [0.25, 0.3) is 12.3 Å². The summed E-state index contributed by atoms with van der Waals surface area (Å²) in [6, 6.07) is 2.82. The molecule has 0 saturated heterocycles. The van der Waals surface area contributed by atoms with Crippen molar-refractivity contribution in [3.05, 3.63) is 23.5 Å². The van der Waals surface area contributed by atoms with Gasteiger partial charge in [0, 0.05) is 36.3 Å². The van der Waals surface area contributed by atoms with Gasteiger partial charge in [-0.3, -0.25) is 14.6 Å². The Hall–Kier alpha value is -3.25. The summed E-state index contributed by atoms with van der Waals surface area (Å²) in [6.45, 7) is 1.07. The lowest BCUT2D eigenvalue weighted by Gasteiger charge is -2.17. The van der Waals surface area contributed by atoms with Crippen molar-refractivity contribution in [1.29, 1.82) is 0 Å². The minimum Gasteiger partial charge on any atom is -0.471 e.